The number of hydrogen-bond acceptors (Lipinski definition) is 2. The summed E-state index contributed by atoms with van der Waals surface area (Å²) in [4.78, 5) is 0. The Kier molecular flexibility index (Phi) is 3.80. The first-order chi connectivity index (χ1) is 8.47. The Bertz CT molecular complexity index is 409. The molecule has 2 rings (SSSR count). The molecule has 1 fully saturated rings. The summed E-state index contributed by atoms with van der Waals surface area (Å²) in [5, 5.41) is 3.36. The van der Waals surface area contributed by atoms with Crippen LogP contribution in [0.4, 0.5) is 18.9 Å². The summed E-state index contributed by atoms with van der Waals surface area (Å²) >= 11 is 0. The van der Waals surface area contributed by atoms with E-state index in [9.17, 15) is 13.2 Å². The molecular formula is C13H17F3N2. The molecule has 5 heteroatoms. The first-order valence-corrected chi connectivity index (χ1v) is 6.16. The standard InChI is InChI=1S/C13H17F3N2/c14-13(15,16)10-5-3-9(12(17)8-10)4-6-11-2-1-7-18-11/h3,5,8,11,18H,1-2,4,6-7,17H2. The van der Waals surface area contributed by atoms with Crippen LogP contribution in [0.3, 0.4) is 0 Å². The zero-order chi connectivity index (χ0) is 13.2. The van der Waals surface area contributed by atoms with Crippen molar-refractivity contribution >= 4 is 5.69 Å². The van der Waals surface area contributed by atoms with Gasteiger partial charge >= 0.3 is 6.18 Å². The van der Waals surface area contributed by atoms with E-state index >= 15 is 0 Å². The molecule has 1 saturated heterocycles. The average molecular weight is 258 g/mol. The molecule has 0 radical (unpaired) electrons. The zero-order valence-electron chi connectivity index (χ0n) is 10.1. The van der Waals surface area contributed by atoms with Gasteiger partial charge in [0.15, 0.2) is 0 Å². The second kappa shape index (κ2) is 5.18. The molecule has 0 spiro atoms. The van der Waals surface area contributed by atoms with Crippen molar-refractivity contribution in [3.05, 3.63) is 29.3 Å². The SMILES string of the molecule is Nc1cc(C(F)(F)F)ccc1CCC1CCCN1. The third-order valence-corrected chi connectivity index (χ3v) is 3.40. The van der Waals surface area contributed by atoms with Crippen LogP contribution in [0.5, 0.6) is 0 Å². The van der Waals surface area contributed by atoms with Gasteiger partial charge < -0.3 is 11.1 Å². The van der Waals surface area contributed by atoms with E-state index in [0.29, 0.717) is 6.04 Å². The van der Waals surface area contributed by atoms with Gasteiger partial charge in [-0.1, -0.05) is 6.07 Å². The van der Waals surface area contributed by atoms with E-state index in [2.05, 4.69) is 5.32 Å². The number of anilines is 1. The van der Waals surface area contributed by atoms with Gasteiger partial charge in [-0.15, -0.1) is 0 Å². The molecule has 18 heavy (non-hydrogen) atoms. The minimum Gasteiger partial charge on any atom is -0.398 e. The van der Waals surface area contributed by atoms with Gasteiger partial charge in [-0.05, 0) is 49.9 Å². The van der Waals surface area contributed by atoms with E-state index in [-0.39, 0.29) is 5.69 Å². The fraction of sp³-hybridized carbons (Fsp3) is 0.538. The number of hydrogen-bond donors (Lipinski definition) is 2. The monoisotopic (exact) mass is 258 g/mol. The third-order valence-electron chi connectivity index (χ3n) is 3.40. The van der Waals surface area contributed by atoms with Crippen LogP contribution in [0.25, 0.3) is 0 Å². The molecule has 0 amide bonds. The molecule has 3 N–H and O–H groups in total. The van der Waals surface area contributed by atoms with Gasteiger partial charge in [-0.25, -0.2) is 0 Å². The highest BCUT2D eigenvalue weighted by Gasteiger charge is 2.30. The number of benzene rings is 1. The van der Waals surface area contributed by atoms with Crippen LogP contribution < -0.4 is 11.1 Å². The summed E-state index contributed by atoms with van der Waals surface area (Å²) in [6.45, 7) is 1.03. The maximum Gasteiger partial charge on any atom is 0.416 e. The summed E-state index contributed by atoms with van der Waals surface area (Å²) in [5.74, 6) is 0. The number of rotatable bonds is 3. The fourth-order valence-electron chi connectivity index (χ4n) is 2.33. The topological polar surface area (TPSA) is 38.0 Å². The van der Waals surface area contributed by atoms with E-state index in [1.807, 2.05) is 0 Å². The van der Waals surface area contributed by atoms with E-state index < -0.39 is 11.7 Å². The second-order valence-electron chi connectivity index (χ2n) is 4.74. The molecule has 0 bridgehead atoms. The minimum absolute atomic E-state index is 0.239. The number of nitrogens with one attached hydrogen (secondary N) is 1. The lowest BCUT2D eigenvalue weighted by Crippen LogP contribution is -2.21. The number of nitrogen functional groups attached to an aromatic ring is 1. The van der Waals surface area contributed by atoms with Gasteiger partial charge in [0, 0.05) is 11.7 Å². The summed E-state index contributed by atoms with van der Waals surface area (Å²) < 4.78 is 37.4. The van der Waals surface area contributed by atoms with Gasteiger partial charge in [0.05, 0.1) is 5.56 Å². The maximum atomic E-state index is 12.5. The molecular weight excluding hydrogens is 241 g/mol. The van der Waals surface area contributed by atoms with E-state index in [0.717, 1.165) is 43.5 Å². The molecule has 1 aromatic rings. The molecule has 0 aromatic heterocycles. The van der Waals surface area contributed by atoms with Crippen molar-refractivity contribution in [3.63, 3.8) is 0 Å². The highest BCUT2D eigenvalue weighted by Crippen LogP contribution is 2.31. The minimum atomic E-state index is -4.32. The largest absolute Gasteiger partial charge is 0.416 e. The molecule has 0 aliphatic carbocycles. The summed E-state index contributed by atoms with van der Waals surface area (Å²) in [6, 6.07) is 4.10. The Morgan fingerprint density at radius 3 is 2.67 bits per heavy atom. The number of aryl methyl sites for hydroxylation is 1. The van der Waals surface area contributed by atoms with Crippen LogP contribution in [0.15, 0.2) is 18.2 Å². The number of nitrogens with two attached hydrogens (primary N) is 1. The highest BCUT2D eigenvalue weighted by molar-refractivity contribution is 5.50. The fourth-order valence-corrected chi connectivity index (χ4v) is 2.33. The van der Waals surface area contributed by atoms with Crippen LogP contribution in [0.2, 0.25) is 0 Å². The molecule has 0 saturated carbocycles. The van der Waals surface area contributed by atoms with E-state index in [1.165, 1.54) is 12.5 Å². The summed E-state index contributed by atoms with van der Waals surface area (Å²) in [6.07, 6.45) is -0.357. The Labute approximate surface area is 104 Å². The van der Waals surface area contributed by atoms with Gasteiger partial charge in [-0.3, -0.25) is 0 Å². The quantitative estimate of drug-likeness (QED) is 0.818. The predicted octanol–water partition coefficient (Wildman–Crippen LogP) is 2.97. The van der Waals surface area contributed by atoms with Gasteiger partial charge in [0.2, 0.25) is 0 Å². The molecule has 2 nitrogen and oxygen atoms in total. The Balaban J connectivity index is 2.01. The van der Waals surface area contributed by atoms with Crippen molar-refractivity contribution in [1.82, 2.24) is 5.32 Å². The first kappa shape index (κ1) is 13.2. The van der Waals surface area contributed by atoms with Crippen LogP contribution in [-0.4, -0.2) is 12.6 Å². The first-order valence-electron chi connectivity index (χ1n) is 6.16. The molecule has 1 unspecified atom stereocenters. The lowest BCUT2D eigenvalue weighted by molar-refractivity contribution is -0.137. The maximum absolute atomic E-state index is 12.5. The van der Waals surface area contributed by atoms with E-state index in [4.69, 9.17) is 5.73 Å². The van der Waals surface area contributed by atoms with Gasteiger partial charge in [-0.2, -0.15) is 13.2 Å². The van der Waals surface area contributed by atoms with E-state index in [1.54, 1.807) is 0 Å². The smallest absolute Gasteiger partial charge is 0.398 e. The van der Waals surface area contributed by atoms with Crippen molar-refractivity contribution in [1.29, 1.82) is 0 Å². The van der Waals surface area contributed by atoms with Gasteiger partial charge in [0.25, 0.3) is 0 Å². The molecule has 100 valence electrons. The molecule has 1 aliphatic rings. The Morgan fingerprint density at radius 1 is 1.33 bits per heavy atom. The zero-order valence-corrected chi connectivity index (χ0v) is 10.1. The van der Waals surface area contributed by atoms with Crippen LogP contribution >= 0.6 is 0 Å². The van der Waals surface area contributed by atoms with Crippen LogP contribution in [-0.2, 0) is 12.6 Å². The lowest BCUT2D eigenvalue weighted by atomic mass is 10.0. The van der Waals surface area contributed by atoms with Crippen molar-refractivity contribution in [2.24, 2.45) is 0 Å². The molecule has 1 aliphatic heterocycles. The number of alkyl halides is 3. The lowest BCUT2D eigenvalue weighted by Gasteiger charge is -2.13. The normalized spacial score (nSPS) is 20.3. The van der Waals surface area contributed by atoms with Crippen molar-refractivity contribution < 1.29 is 13.2 Å². The van der Waals surface area contributed by atoms with Crippen molar-refractivity contribution in [3.8, 4) is 0 Å². The third kappa shape index (κ3) is 3.16. The second-order valence-corrected chi connectivity index (χ2v) is 4.74. The van der Waals surface area contributed by atoms with Crippen molar-refractivity contribution in [2.45, 2.75) is 37.9 Å². The van der Waals surface area contributed by atoms with Crippen molar-refractivity contribution in [2.75, 3.05) is 12.3 Å². The summed E-state index contributed by atoms with van der Waals surface area (Å²) in [5.41, 5.74) is 6.05. The molecule has 1 heterocycles. The Hall–Kier alpha value is -1.23. The molecule has 1 aromatic carbocycles. The Morgan fingerprint density at radius 2 is 2.11 bits per heavy atom. The molecule has 1 atom stereocenters. The summed E-state index contributed by atoms with van der Waals surface area (Å²) in [7, 11) is 0. The van der Waals surface area contributed by atoms with Crippen LogP contribution in [0.1, 0.15) is 30.4 Å². The number of halogens is 3. The van der Waals surface area contributed by atoms with Gasteiger partial charge in [0.1, 0.15) is 0 Å². The van der Waals surface area contributed by atoms with Crippen LogP contribution in [0, 0.1) is 0 Å². The average Bonchev–Trinajstić information content (AvgIpc) is 2.79. The highest BCUT2D eigenvalue weighted by atomic mass is 19.4. The predicted molar refractivity (Wildman–Crippen MR) is 65.2 cm³/mol.